The molecular formula is C14H17N3O4. The summed E-state index contributed by atoms with van der Waals surface area (Å²) in [4.78, 5) is 23.7. The van der Waals surface area contributed by atoms with Gasteiger partial charge in [0, 0.05) is 38.3 Å². The summed E-state index contributed by atoms with van der Waals surface area (Å²) in [6, 6.07) is 5.79. The van der Waals surface area contributed by atoms with Gasteiger partial charge in [-0.3, -0.25) is 14.9 Å². The van der Waals surface area contributed by atoms with Gasteiger partial charge in [-0.1, -0.05) is 12.1 Å². The molecule has 0 aliphatic carbocycles. The minimum atomic E-state index is -0.579. The number of rotatable bonds is 4. The zero-order valence-electron chi connectivity index (χ0n) is 11.6. The standard InChI is InChI=1S/C14H17N3O4/c1-16(12-8-15-9-13(12)18)14(19)6-5-10-3-2-4-11(7-10)17(20)21/h2-7,12-13,15,18H,8-9H2,1H3/b6-5+/t12-,13-/m0/s1. The summed E-state index contributed by atoms with van der Waals surface area (Å²) in [5, 5.41) is 23.4. The fraction of sp³-hybridized carbons (Fsp3) is 0.357. The number of hydrogen-bond donors (Lipinski definition) is 2. The molecule has 1 aromatic rings. The maximum atomic E-state index is 12.0. The number of nitrogens with zero attached hydrogens (tertiary/aromatic N) is 2. The van der Waals surface area contributed by atoms with E-state index in [2.05, 4.69) is 5.32 Å². The molecule has 0 radical (unpaired) electrons. The van der Waals surface area contributed by atoms with Gasteiger partial charge < -0.3 is 15.3 Å². The van der Waals surface area contributed by atoms with Crippen LogP contribution in [-0.2, 0) is 4.79 Å². The molecule has 0 aromatic heterocycles. The maximum absolute atomic E-state index is 12.0. The number of non-ortho nitro benzene ring substituents is 1. The fourth-order valence-corrected chi connectivity index (χ4v) is 2.24. The van der Waals surface area contributed by atoms with Crippen LogP contribution < -0.4 is 5.32 Å². The Hall–Kier alpha value is -2.25. The smallest absolute Gasteiger partial charge is 0.270 e. The predicted octanol–water partition coefficient (Wildman–Crippen LogP) is 0.399. The highest BCUT2D eigenvalue weighted by Crippen LogP contribution is 2.14. The van der Waals surface area contributed by atoms with Crippen LogP contribution in [0.2, 0.25) is 0 Å². The third-order valence-electron chi connectivity index (χ3n) is 3.50. The van der Waals surface area contributed by atoms with Gasteiger partial charge in [-0.15, -0.1) is 0 Å². The van der Waals surface area contributed by atoms with E-state index in [1.54, 1.807) is 19.2 Å². The third kappa shape index (κ3) is 3.65. The van der Waals surface area contributed by atoms with Crippen molar-refractivity contribution in [3.8, 4) is 0 Å². The van der Waals surface area contributed by atoms with Crippen LogP contribution in [0.3, 0.4) is 0 Å². The van der Waals surface area contributed by atoms with Gasteiger partial charge in [0.15, 0.2) is 0 Å². The Bertz CT molecular complexity index is 573. The Labute approximate surface area is 122 Å². The number of aliphatic hydroxyl groups is 1. The largest absolute Gasteiger partial charge is 0.390 e. The van der Waals surface area contributed by atoms with Gasteiger partial charge in [0.25, 0.3) is 5.69 Å². The van der Waals surface area contributed by atoms with Crippen molar-refractivity contribution in [1.82, 2.24) is 10.2 Å². The lowest BCUT2D eigenvalue weighted by Crippen LogP contribution is -2.43. The average Bonchev–Trinajstić information content (AvgIpc) is 2.90. The molecule has 0 unspecified atom stereocenters. The molecule has 1 fully saturated rings. The number of nitrogens with one attached hydrogen (secondary N) is 1. The molecule has 112 valence electrons. The summed E-state index contributed by atoms with van der Waals surface area (Å²) >= 11 is 0. The van der Waals surface area contributed by atoms with Crippen LogP contribution in [0.5, 0.6) is 0 Å². The second kappa shape index (κ2) is 6.47. The van der Waals surface area contributed by atoms with Gasteiger partial charge >= 0.3 is 0 Å². The summed E-state index contributed by atoms with van der Waals surface area (Å²) in [7, 11) is 1.63. The maximum Gasteiger partial charge on any atom is 0.270 e. The zero-order valence-corrected chi connectivity index (χ0v) is 11.6. The molecule has 1 aliphatic heterocycles. The molecule has 7 heteroatoms. The second-order valence-corrected chi connectivity index (χ2v) is 4.93. The number of carbonyl (C=O) groups is 1. The van der Waals surface area contributed by atoms with Crippen LogP contribution in [0.15, 0.2) is 30.3 Å². The van der Waals surface area contributed by atoms with Crippen molar-refractivity contribution >= 4 is 17.7 Å². The van der Waals surface area contributed by atoms with Crippen LogP contribution in [0.4, 0.5) is 5.69 Å². The second-order valence-electron chi connectivity index (χ2n) is 4.93. The summed E-state index contributed by atoms with van der Waals surface area (Å²) < 4.78 is 0. The Morgan fingerprint density at radius 3 is 2.90 bits per heavy atom. The van der Waals surface area contributed by atoms with Crippen molar-refractivity contribution in [3.63, 3.8) is 0 Å². The molecule has 1 saturated heterocycles. The quantitative estimate of drug-likeness (QED) is 0.475. The Balaban J connectivity index is 2.04. The van der Waals surface area contributed by atoms with Gasteiger partial charge in [-0.05, 0) is 11.6 Å². The van der Waals surface area contributed by atoms with Crippen molar-refractivity contribution in [1.29, 1.82) is 0 Å². The lowest BCUT2D eigenvalue weighted by molar-refractivity contribution is -0.384. The Kier molecular flexibility index (Phi) is 4.66. The van der Waals surface area contributed by atoms with Crippen LogP contribution in [-0.4, -0.2) is 53.1 Å². The molecule has 2 atom stereocenters. The number of nitro groups is 1. The molecule has 2 N–H and O–H groups in total. The van der Waals surface area contributed by atoms with E-state index in [1.807, 2.05) is 0 Å². The van der Waals surface area contributed by atoms with Crippen LogP contribution in [0, 0.1) is 10.1 Å². The highest BCUT2D eigenvalue weighted by atomic mass is 16.6. The van der Waals surface area contributed by atoms with E-state index in [0.717, 1.165) is 0 Å². The number of β-amino-alcohol motifs (C(OH)–C–C–N with tert-alkyl or cyclic N) is 1. The summed E-state index contributed by atoms with van der Waals surface area (Å²) in [6.45, 7) is 1.02. The Morgan fingerprint density at radius 2 is 2.29 bits per heavy atom. The van der Waals surface area contributed by atoms with E-state index >= 15 is 0 Å². The lowest BCUT2D eigenvalue weighted by atomic mass is 10.1. The minimum absolute atomic E-state index is 0.0200. The number of carbonyl (C=O) groups excluding carboxylic acids is 1. The Morgan fingerprint density at radius 1 is 1.52 bits per heavy atom. The molecule has 21 heavy (non-hydrogen) atoms. The average molecular weight is 291 g/mol. The molecular weight excluding hydrogens is 274 g/mol. The van der Waals surface area contributed by atoms with E-state index in [9.17, 15) is 20.0 Å². The number of nitro benzene ring substituents is 1. The van der Waals surface area contributed by atoms with Crippen molar-refractivity contribution in [2.45, 2.75) is 12.1 Å². The molecule has 0 saturated carbocycles. The zero-order chi connectivity index (χ0) is 15.4. The van der Waals surface area contributed by atoms with Gasteiger partial charge in [0.2, 0.25) is 5.91 Å². The van der Waals surface area contributed by atoms with E-state index in [1.165, 1.54) is 29.2 Å². The first kappa shape index (κ1) is 15.1. The minimum Gasteiger partial charge on any atom is -0.390 e. The van der Waals surface area contributed by atoms with Crippen LogP contribution in [0.25, 0.3) is 6.08 Å². The first-order valence-corrected chi connectivity index (χ1v) is 6.57. The van der Waals surface area contributed by atoms with E-state index in [4.69, 9.17) is 0 Å². The summed E-state index contributed by atoms with van der Waals surface area (Å²) in [5.74, 6) is -0.255. The van der Waals surface area contributed by atoms with E-state index in [-0.39, 0.29) is 17.6 Å². The van der Waals surface area contributed by atoms with Gasteiger partial charge in [-0.25, -0.2) is 0 Å². The first-order valence-electron chi connectivity index (χ1n) is 6.57. The fourth-order valence-electron chi connectivity index (χ4n) is 2.24. The molecule has 1 aromatic carbocycles. The van der Waals surface area contributed by atoms with Gasteiger partial charge in [0.1, 0.15) is 0 Å². The number of likely N-dealkylation sites (N-methyl/N-ethyl adjacent to an activating group) is 1. The molecule has 1 aliphatic rings. The lowest BCUT2D eigenvalue weighted by Gasteiger charge is -2.25. The highest BCUT2D eigenvalue weighted by Gasteiger charge is 2.30. The molecule has 1 amide bonds. The molecule has 0 bridgehead atoms. The van der Waals surface area contributed by atoms with Gasteiger partial charge in [0.05, 0.1) is 17.1 Å². The molecule has 7 nitrogen and oxygen atoms in total. The highest BCUT2D eigenvalue weighted by molar-refractivity contribution is 5.92. The number of amides is 1. The molecule has 0 spiro atoms. The van der Waals surface area contributed by atoms with E-state index < -0.39 is 11.0 Å². The van der Waals surface area contributed by atoms with Crippen LogP contribution >= 0.6 is 0 Å². The number of aliphatic hydroxyl groups excluding tert-OH is 1. The topological polar surface area (TPSA) is 95.7 Å². The van der Waals surface area contributed by atoms with Crippen molar-refractivity contribution in [3.05, 3.63) is 46.0 Å². The normalized spacial score (nSPS) is 21.6. The summed E-state index contributed by atoms with van der Waals surface area (Å²) in [6.07, 6.45) is 2.30. The van der Waals surface area contributed by atoms with Crippen LogP contribution in [0.1, 0.15) is 5.56 Å². The van der Waals surface area contributed by atoms with Crippen molar-refractivity contribution in [2.75, 3.05) is 20.1 Å². The predicted molar refractivity (Wildman–Crippen MR) is 77.6 cm³/mol. The molecule has 2 rings (SSSR count). The SMILES string of the molecule is CN(C(=O)/C=C/c1cccc([N+](=O)[O-])c1)[C@H]1CNC[C@@H]1O. The summed E-state index contributed by atoms with van der Waals surface area (Å²) in [5.41, 5.74) is 0.560. The third-order valence-corrected chi connectivity index (χ3v) is 3.50. The molecule has 1 heterocycles. The van der Waals surface area contributed by atoms with Gasteiger partial charge in [-0.2, -0.15) is 0 Å². The van der Waals surface area contributed by atoms with Crippen molar-refractivity contribution in [2.24, 2.45) is 0 Å². The number of benzene rings is 1. The monoisotopic (exact) mass is 291 g/mol. The number of hydrogen-bond acceptors (Lipinski definition) is 5. The van der Waals surface area contributed by atoms with Crippen molar-refractivity contribution < 1.29 is 14.8 Å². The first-order chi connectivity index (χ1) is 9.99. The van der Waals surface area contributed by atoms with E-state index in [0.29, 0.717) is 18.7 Å².